The van der Waals surface area contributed by atoms with Gasteiger partial charge in [0.2, 0.25) is 5.96 Å². The van der Waals surface area contributed by atoms with Gasteiger partial charge in [0.15, 0.2) is 0 Å². The van der Waals surface area contributed by atoms with E-state index in [0.717, 1.165) is 61.4 Å². The first-order valence-electron chi connectivity index (χ1n) is 10.9. The van der Waals surface area contributed by atoms with E-state index in [1.165, 1.54) is 0 Å². The van der Waals surface area contributed by atoms with E-state index in [1.54, 1.807) is 22.7 Å². The molecule has 0 spiro atoms. The summed E-state index contributed by atoms with van der Waals surface area (Å²) in [5.41, 5.74) is 3.80. The number of nitrogens with one attached hydrogen (secondary N) is 2. The van der Waals surface area contributed by atoms with Gasteiger partial charge in [-0.3, -0.25) is 0 Å². The Bertz CT molecular complexity index is 1310. The van der Waals surface area contributed by atoms with Crippen LogP contribution >= 0.6 is 22.7 Å². The molecule has 0 aromatic carbocycles. The number of furan rings is 2. The van der Waals surface area contributed by atoms with Gasteiger partial charge in [0.25, 0.3) is 0 Å². The largest absolute Gasteiger partial charge is 0.461 e. The summed E-state index contributed by atoms with van der Waals surface area (Å²) in [6, 6.07) is 16.3. The topological polar surface area (TPSA) is 75.1 Å². The minimum Gasteiger partial charge on any atom is -0.461 e. The van der Waals surface area contributed by atoms with Crippen LogP contribution in [0.2, 0.25) is 0 Å². The zero-order valence-corrected chi connectivity index (χ0v) is 20.5. The summed E-state index contributed by atoms with van der Waals surface area (Å²) < 4.78 is 11.5. The summed E-state index contributed by atoms with van der Waals surface area (Å²) in [6.45, 7) is 5.49. The Morgan fingerprint density at radius 3 is 1.94 bits per heavy atom. The number of hydrazone groups is 1. The van der Waals surface area contributed by atoms with Crippen molar-refractivity contribution in [1.29, 1.82) is 0 Å². The first-order chi connectivity index (χ1) is 16.6. The van der Waals surface area contributed by atoms with Crippen LogP contribution in [0.5, 0.6) is 0 Å². The van der Waals surface area contributed by atoms with Crippen LogP contribution in [0.25, 0.3) is 33.4 Å². The van der Waals surface area contributed by atoms with E-state index >= 15 is 0 Å². The Hall–Kier alpha value is -3.62. The molecule has 172 valence electrons. The van der Waals surface area contributed by atoms with Crippen LogP contribution in [0.15, 0.2) is 79.6 Å². The Kier molecular flexibility index (Phi) is 6.60. The van der Waals surface area contributed by atoms with E-state index in [-0.39, 0.29) is 0 Å². The Morgan fingerprint density at radius 2 is 1.47 bits per heavy atom. The molecule has 34 heavy (non-hydrogen) atoms. The predicted octanol–water partition coefficient (Wildman–Crippen LogP) is 6.58. The number of nitrogens with zero attached hydrogens (tertiary/aromatic N) is 2. The molecule has 0 saturated carbocycles. The van der Waals surface area contributed by atoms with E-state index in [9.17, 15) is 0 Å². The first-order valence-corrected chi connectivity index (χ1v) is 12.6. The zero-order valence-electron chi connectivity index (χ0n) is 18.9. The molecule has 0 atom stereocenters. The van der Waals surface area contributed by atoms with Crippen molar-refractivity contribution in [3.63, 3.8) is 0 Å². The van der Waals surface area contributed by atoms with Crippen LogP contribution < -0.4 is 10.7 Å². The molecular formula is C26H24N4O2S2. The highest BCUT2D eigenvalue weighted by Gasteiger charge is 2.07. The van der Waals surface area contributed by atoms with E-state index in [4.69, 9.17) is 8.83 Å². The molecular weight excluding hydrogens is 464 g/mol. The molecule has 0 bridgehead atoms. The monoisotopic (exact) mass is 488 g/mol. The van der Waals surface area contributed by atoms with Crippen LogP contribution in [-0.4, -0.2) is 24.8 Å². The summed E-state index contributed by atoms with van der Waals surface area (Å²) in [6.07, 6.45) is 8.10. The maximum absolute atomic E-state index is 5.74. The van der Waals surface area contributed by atoms with Gasteiger partial charge in [0.1, 0.15) is 23.0 Å². The number of aryl methyl sites for hydroxylation is 2. The summed E-state index contributed by atoms with van der Waals surface area (Å²) in [5.74, 6) is 4.30. The number of hydrogen-bond acceptors (Lipinski definition) is 8. The van der Waals surface area contributed by atoms with Gasteiger partial charge in [-0.15, -0.1) is 22.7 Å². The van der Waals surface area contributed by atoms with Gasteiger partial charge < -0.3 is 14.2 Å². The molecule has 5 heterocycles. The van der Waals surface area contributed by atoms with Gasteiger partial charge in [-0.05, 0) is 86.7 Å². The van der Waals surface area contributed by atoms with Crippen LogP contribution in [0.4, 0.5) is 0 Å². The second kappa shape index (κ2) is 10.1. The van der Waals surface area contributed by atoms with E-state index < -0.39 is 0 Å². The third-order valence-electron chi connectivity index (χ3n) is 5.02. The number of aliphatic imine (C=N–C) groups is 1. The maximum atomic E-state index is 5.74. The average molecular weight is 489 g/mol. The van der Waals surface area contributed by atoms with Crippen molar-refractivity contribution < 1.29 is 8.83 Å². The fraction of sp³-hybridized carbons (Fsp3) is 0.154. The van der Waals surface area contributed by atoms with E-state index in [0.29, 0.717) is 5.96 Å². The summed E-state index contributed by atoms with van der Waals surface area (Å²) >= 11 is 3.36. The van der Waals surface area contributed by atoms with Crippen molar-refractivity contribution in [2.45, 2.75) is 13.8 Å². The molecule has 0 radical (unpaired) electrons. The Labute approximate surface area is 206 Å². The normalized spacial score (nSPS) is 13.5. The first kappa shape index (κ1) is 22.2. The fourth-order valence-electron chi connectivity index (χ4n) is 3.34. The van der Waals surface area contributed by atoms with Crippen molar-refractivity contribution >= 4 is 46.5 Å². The number of hydrogen-bond donors (Lipinski definition) is 2. The lowest BCUT2D eigenvalue weighted by Gasteiger charge is -2.01. The van der Waals surface area contributed by atoms with Crippen molar-refractivity contribution in [2.75, 3.05) is 13.1 Å². The molecule has 0 fully saturated rings. The van der Waals surface area contributed by atoms with E-state index in [1.807, 2.05) is 50.3 Å². The average Bonchev–Trinajstić information content (AvgIpc) is 3.64. The SMILES string of the molecule is Cc1ccc(-c2ccc(/C=C/C(/C=C/c3ccc(-c4ccc(C)o4)s3)=NNC3=NCCN3)s2)o1. The lowest BCUT2D eigenvalue weighted by Crippen LogP contribution is -2.30. The molecule has 0 unspecified atom stereocenters. The molecule has 5 rings (SSSR count). The van der Waals surface area contributed by atoms with Crippen LogP contribution in [0.1, 0.15) is 21.3 Å². The van der Waals surface area contributed by atoms with Gasteiger partial charge in [-0.25, -0.2) is 10.4 Å². The molecule has 0 saturated heterocycles. The molecule has 1 aliphatic heterocycles. The van der Waals surface area contributed by atoms with Gasteiger partial charge >= 0.3 is 0 Å². The van der Waals surface area contributed by atoms with Crippen LogP contribution in [0, 0.1) is 13.8 Å². The van der Waals surface area contributed by atoms with Crippen LogP contribution in [0.3, 0.4) is 0 Å². The lowest BCUT2D eigenvalue weighted by atomic mass is 10.2. The van der Waals surface area contributed by atoms with Gasteiger partial charge in [-0.2, -0.15) is 5.10 Å². The van der Waals surface area contributed by atoms with Crippen molar-refractivity contribution in [3.05, 3.63) is 82.0 Å². The molecule has 0 amide bonds. The third-order valence-corrected chi connectivity index (χ3v) is 7.15. The molecule has 4 aromatic heterocycles. The Balaban J connectivity index is 1.33. The minimum absolute atomic E-state index is 0.692. The quantitative estimate of drug-likeness (QED) is 0.228. The highest BCUT2D eigenvalue weighted by molar-refractivity contribution is 7.16. The summed E-state index contributed by atoms with van der Waals surface area (Å²) in [4.78, 5) is 8.78. The fourth-order valence-corrected chi connectivity index (χ4v) is 5.08. The minimum atomic E-state index is 0.692. The zero-order chi connectivity index (χ0) is 23.3. The number of rotatable bonds is 7. The molecule has 0 aliphatic carbocycles. The third kappa shape index (κ3) is 5.47. The van der Waals surface area contributed by atoms with Crippen molar-refractivity contribution in [3.8, 4) is 21.3 Å². The molecule has 2 N–H and O–H groups in total. The van der Waals surface area contributed by atoms with Gasteiger partial charge in [0, 0.05) is 16.3 Å². The second-order valence-electron chi connectivity index (χ2n) is 7.70. The van der Waals surface area contributed by atoms with Gasteiger partial charge in [0.05, 0.1) is 22.0 Å². The molecule has 4 aromatic rings. The van der Waals surface area contributed by atoms with Gasteiger partial charge in [-0.1, -0.05) is 0 Å². The smallest absolute Gasteiger partial charge is 0.212 e. The highest BCUT2D eigenvalue weighted by Crippen LogP contribution is 2.31. The number of thiophene rings is 2. The van der Waals surface area contributed by atoms with Crippen LogP contribution in [-0.2, 0) is 0 Å². The van der Waals surface area contributed by atoms with Crippen molar-refractivity contribution in [1.82, 2.24) is 10.7 Å². The molecule has 6 nitrogen and oxygen atoms in total. The molecule has 1 aliphatic rings. The Morgan fingerprint density at radius 1 is 0.882 bits per heavy atom. The number of allylic oxidation sites excluding steroid dienone is 2. The lowest BCUT2D eigenvalue weighted by molar-refractivity contribution is 0.549. The summed E-state index contributed by atoms with van der Waals surface area (Å²) in [5, 5.41) is 7.72. The molecule has 8 heteroatoms. The standard InChI is InChI=1S/C26H24N4O2S2/c1-17-3-11-22(31-17)24-13-9-20(33-24)7-5-19(29-30-26-27-15-16-28-26)6-8-21-10-14-25(34-21)23-12-4-18(2)32-23/h3-14H,15-16H2,1-2H3,(H2,27,28,30)/b7-5+,8-6+. The maximum Gasteiger partial charge on any atom is 0.212 e. The second-order valence-corrected chi connectivity index (χ2v) is 9.93. The summed E-state index contributed by atoms with van der Waals surface area (Å²) in [7, 11) is 0. The van der Waals surface area contributed by atoms with Crippen molar-refractivity contribution in [2.24, 2.45) is 10.1 Å². The van der Waals surface area contributed by atoms with E-state index in [2.05, 4.69) is 57.3 Å². The highest BCUT2D eigenvalue weighted by atomic mass is 32.1. The predicted molar refractivity (Wildman–Crippen MR) is 142 cm³/mol. The number of guanidine groups is 1.